The number of carboxylic acid groups (broad SMARTS) is 2. The Morgan fingerprint density at radius 3 is 1.13 bits per heavy atom. The van der Waals surface area contributed by atoms with Crippen LogP contribution in [0, 0.1) is 0 Å². The van der Waals surface area contributed by atoms with Gasteiger partial charge in [0.25, 0.3) is 12.3 Å². The van der Waals surface area contributed by atoms with E-state index in [1.54, 1.807) is 0 Å². The first-order chi connectivity index (χ1) is 5.91. The second kappa shape index (κ2) is 10.2. The van der Waals surface area contributed by atoms with E-state index in [9.17, 15) is 29.4 Å². The molecule has 0 unspecified atom stereocenters. The number of carbonyl (C=O) groups excluding carboxylic acids is 4. The molecule has 0 aliphatic rings. The summed E-state index contributed by atoms with van der Waals surface area (Å²) in [5, 5.41) is 19.0. The largest absolute Gasteiger partial charge is 1.00 e. The van der Waals surface area contributed by atoms with Crippen LogP contribution in [0.5, 0.6) is 0 Å². The van der Waals surface area contributed by atoms with Gasteiger partial charge in [-0.2, -0.15) is 0 Å². The third kappa shape index (κ3) is 13.7. The van der Waals surface area contributed by atoms with Crippen LogP contribution in [0.25, 0.3) is 0 Å². The predicted molar refractivity (Wildman–Crippen MR) is 24.8 cm³/mol. The van der Waals surface area contributed by atoms with Crippen LogP contribution < -0.4 is 69.3 Å². The van der Waals surface area contributed by atoms with Crippen molar-refractivity contribution in [3.05, 3.63) is 0 Å². The van der Waals surface area contributed by atoms with Crippen molar-refractivity contribution >= 4 is 24.6 Å². The fraction of sp³-hybridized carbons (Fsp3) is 0. The van der Waals surface area contributed by atoms with E-state index in [0.717, 1.165) is 0 Å². The van der Waals surface area contributed by atoms with Crippen molar-refractivity contribution in [1.29, 1.82) is 0 Å². The molecule has 0 amide bonds. The van der Waals surface area contributed by atoms with E-state index in [2.05, 4.69) is 14.2 Å². The van der Waals surface area contributed by atoms with E-state index in [0.29, 0.717) is 0 Å². The van der Waals surface area contributed by atoms with E-state index in [1.165, 1.54) is 0 Å². The second-order valence-electron chi connectivity index (χ2n) is 1.31. The quantitative estimate of drug-likeness (QED) is 0.228. The van der Waals surface area contributed by atoms with Crippen LogP contribution in [-0.4, -0.2) is 24.6 Å². The SMILES string of the molecule is O=C([O-])OC(=O)OC(=O)OC(=O)[O-].[Na+].[Na+]. The van der Waals surface area contributed by atoms with Crippen molar-refractivity contribution < 1.29 is 103 Å². The Hall–Kier alpha value is -0.320. The van der Waals surface area contributed by atoms with Crippen LogP contribution >= 0.6 is 0 Å². The average molecular weight is 238 g/mol. The van der Waals surface area contributed by atoms with Crippen molar-refractivity contribution in [1.82, 2.24) is 0 Å². The summed E-state index contributed by atoms with van der Waals surface area (Å²) in [6.07, 6.45) is -8.53. The van der Waals surface area contributed by atoms with Gasteiger partial charge in [0.05, 0.1) is 0 Å². The summed E-state index contributed by atoms with van der Waals surface area (Å²) in [7, 11) is 0. The Kier molecular flexibility index (Phi) is 13.7. The van der Waals surface area contributed by atoms with Crippen molar-refractivity contribution in [2.45, 2.75) is 0 Å². The minimum atomic E-state index is -2.27. The molecule has 0 fully saturated rings. The van der Waals surface area contributed by atoms with E-state index >= 15 is 0 Å². The number of hydrogen-bond donors (Lipinski definition) is 0. The predicted octanol–water partition coefficient (Wildman–Crippen LogP) is -8.03. The normalized spacial score (nSPS) is 7.20. The van der Waals surface area contributed by atoms with Crippen LogP contribution in [0.3, 0.4) is 0 Å². The molecule has 0 aromatic carbocycles. The van der Waals surface area contributed by atoms with Gasteiger partial charge in [-0.15, -0.1) is 0 Å². The molecule has 0 aliphatic heterocycles. The average Bonchev–Trinajstić information content (AvgIpc) is 1.80. The van der Waals surface area contributed by atoms with Crippen LogP contribution in [0.2, 0.25) is 0 Å². The molecule has 0 saturated heterocycles. The summed E-state index contributed by atoms with van der Waals surface area (Å²) in [4.78, 5) is 39.1. The standard InChI is InChI=1S/C4H2O9.2Na/c5-1(6)11-3(9)13-4(10)12-2(7)8;;/h(H,5,6)(H,7,8);;/q;2*+1/p-2. The van der Waals surface area contributed by atoms with Crippen molar-refractivity contribution in [2.75, 3.05) is 0 Å². The van der Waals surface area contributed by atoms with Crippen molar-refractivity contribution in [3.63, 3.8) is 0 Å². The molecule has 0 spiro atoms. The maximum absolute atomic E-state index is 10.1. The maximum Gasteiger partial charge on any atom is 1.00 e. The summed E-state index contributed by atoms with van der Waals surface area (Å²) in [5.41, 5.74) is 0. The molecule has 0 aliphatic carbocycles. The molecule has 0 radical (unpaired) electrons. The first-order valence-corrected chi connectivity index (χ1v) is 2.45. The topological polar surface area (TPSA) is 142 Å². The van der Waals surface area contributed by atoms with Gasteiger partial charge in [0, 0.05) is 0 Å². The molecule has 0 heterocycles. The summed E-state index contributed by atoms with van der Waals surface area (Å²) in [6, 6.07) is 0. The Bertz CT molecular complexity index is 235. The molecule has 11 heteroatoms. The van der Waals surface area contributed by atoms with Gasteiger partial charge in [-0.3, -0.25) is 0 Å². The van der Waals surface area contributed by atoms with Gasteiger partial charge in [-0.1, -0.05) is 0 Å². The Labute approximate surface area is 126 Å². The van der Waals surface area contributed by atoms with Gasteiger partial charge in [-0.25, -0.2) is 9.59 Å². The zero-order valence-electron chi connectivity index (χ0n) is 7.67. The smallest absolute Gasteiger partial charge is 0.452 e. The van der Waals surface area contributed by atoms with Crippen LogP contribution in [-0.2, 0) is 14.2 Å². The van der Waals surface area contributed by atoms with Gasteiger partial charge >= 0.3 is 71.4 Å². The zero-order chi connectivity index (χ0) is 10.4. The number of rotatable bonds is 0. The molecular weight excluding hydrogens is 238 g/mol. The third-order valence-corrected chi connectivity index (χ3v) is 0.500. The second-order valence-corrected chi connectivity index (χ2v) is 1.31. The Balaban J connectivity index is -0.000000720. The van der Waals surface area contributed by atoms with Gasteiger partial charge in [-0.05, 0) is 0 Å². The van der Waals surface area contributed by atoms with Gasteiger partial charge in [0.15, 0.2) is 0 Å². The molecule has 0 aromatic rings. The molecule has 0 N–H and O–H groups in total. The molecule has 0 aromatic heterocycles. The third-order valence-electron chi connectivity index (χ3n) is 0.500. The first-order valence-electron chi connectivity index (χ1n) is 2.45. The summed E-state index contributed by atoms with van der Waals surface area (Å²) in [5.74, 6) is 0. The molecule has 0 bridgehead atoms. The summed E-state index contributed by atoms with van der Waals surface area (Å²) >= 11 is 0. The molecular formula is C4Na2O9. The van der Waals surface area contributed by atoms with E-state index in [1.807, 2.05) is 0 Å². The molecule has 0 rings (SSSR count). The Morgan fingerprint density at radius 1 is 0.667 bits per heavy atom. The number of ether oxygens (including phenoxy) is 3. The van der Waals surface area contributed by atoms with E-state index in [4.69, 9.17) is 0 Å². The monoisotopic (exact) mass is 238 g/mol. The van der Waals surface area contributed by atoms with E-state index < -0.39 is 24.6 Å². The van der Waals surface area contributed by atoms with Crippen molar-refractivity contribution in [3.8, 4) is 0 Å². The maximum atomic E-state index is 10.1. The van der Waals surface area contributed by atoms with Gasteiger partial charge < -0.3 is 34.0 Å². The fourth-order valence-electron chi connectivity index (χ4n) is 0.246. The van der Waals surface area contributed by atoms with Crippen LogP contribution in [0.1, 0.15) is 0 Å². The number of hydrogen-bond acceptors (Lipinski definition) is 9. The molecule has 72 valence electrons. The van der Waals surface area contributed by atoms with Crippen LogP contribution in [0.15, 0.2) is 0 Å². The molecule has 15 heavy (non-hydrogen) atoms. The van der Waals surface area contributed by atoms with E-state index in [-0.39, 0.29) is 59.1 Å². The minimum Gasteiger partial charge on any atom is -0.452 e. The fourth-order valence-corrected chi connectivity index (χ4v) is 0.246. The Morgan fingerprint density at radius 2 is 0.933 bits per heavy atom. The molecule has 9 nitrogen and oxygen atoms in total. The summed E-state index contributed by atoms with van der Waals surface area (Å²) < 4.78 is 9.57. The zero-order valence-corrected chi connectivity index (χ0v) is 11.7. The number of carbonyl (C=O) groups is 4. The van der Waals surface area contributed by atoms with Crippen LogP contribution in [0.4, 0.5) is 19.2 Å². The van der Waals surface area contributed by atoms with Gasteiger partial charge in [0.1, 0.15) is 0 Å². The first kappa shape index (κ1) is 20.1. The molecule has 0 atom stereocenters. The van der Waals surface area contributed by atoms with Gasteiger partial charge in [0.2, 0.25) is 0 Å². The minimum absolute atomic E-state index is 0. The van der Waals surface area contributed by atoms with Crippen molar-refractivity contribution in [2.24, 2.45) is 0 Å². The molecule has 0 saturated carbocycles. The summed E-state index contributed by atoms with van der Waals surface area (Å²) in [6.45, 7) is 0.